The van der Waals surface area contributed by atoms with Crippen molar-refractivity contribution in [3.05, 3.63) is 48.0 Å². The Morgan fingerprint density at radius 1 is 1.11 bits per heavy atom. The summed E-state index contributed by atoms with van der Waals surface area (Å²) in [5.74, 6) is 0.879. The topological polar surface area (TPSA) is 22.1 Å². The number of ether oxygens (including phenoxy) is 1. The van der Waals surface area contributed by atoms with Crippen LogP contribution in [-0.2, 0) is 6.42 Å². The van der Waals surface area contributed by atoms with Crippen LogP contribution < -0.4 is 4.74 Å². The van der Waals surface area contributed by atoms with Crippen LogP contribution in [0, 0.1) is 0 Å². The van der Waals surface area contributed by atoms with Gasteiger partial charge in [-0.25, -0.2) is 4.98 Å². The van der Waals surface area contributed by atoms with Crippen molar-refractivity contribution in [3.63, 3.8) is 0 Å². The number of fused-ring (bicyclic) bond motifs is 1. The molecule has 0 spiro atoms. The third kappa shape index (κ3) is 2.34. The van der Waals surface area contributed by atoms with Gasteiger partial charge >= 0.3 is 0 Å². The van der Waals surface area contributed by atoms with Crippen molar-refractivity contribution in [2.45, 2.75) is 13.3 Å². The van der Waals surface area contributed by atoms with Crippen molar-refractivity contribution in [1.29, 1.82) is 0 Å². The molecule has 0 aliphatic carbocycles. The second-order valence-electron chi connectivity index (χ2n) is 4.40. The Kier molecular flexibility index (Phi) is 3.22. The standard InChI is InChI=1S/C16H15NOS/c1-3-11-4-6-12(7-5-11)16-17-14-9-8-13(18-2)10-15(14)19-16/h4-10H,3H2,1-2H3. The Balaban J connectivity index is 2.04. The highest BCUT2D eigenvalue weighted by Gasteiger charge is 2.07. The first-order chi connectivity index (χ1) is 9.30. The maximum atomic E-state index is 5.25. The van der Waals surface area contributed by atoms with Crippen LogP contribution in [0.1, 0.15) is 12.5 Å². The van der Waals surface area contributed by atoms with E-state index >= 15 is 0 Å². The van der Waals surface area contributed by atoms with E-state index in [1.807, 2.05) is 18.2 Å². The van der Waals surface area contributed by atoms with E-state index in [1.54, 1.807) is 18.4 Å². The smallest absolute Gasteiger partial charge is 0.124 e. The molecule has 0 aliphatic heterocycles. The first kappa shape index (κ1) is 12.2. The number of hydrogen-bond donors (Lipinski definition) is 0. The van der Waals surface area contributed by atoms with Gasteiger partial charge in [0.05, 0.1) is 17.3 Å². The maximum absolute atomic E-state index is 5.25. The lowest BCUT2D eigenvalue weighted by molar-refractivity contribution is 0.415. The van der Waals surface area contributed by atoms with Crippen LogP contribution in [0.3, 0.4) is 0 Å². The largest absolute Gasteiger partial charge is 0.497 e. The quantitative estimate of drug-likeness (QED) is 0.696. The number of benzene rings is 2. The highest BCUT2D eigenvalue weighted by molar-refractivity contribution is 7.21. The van der Waals surface area contributed by atoms with Crippen molar-refractivity contribution in [3.8, 4) is 16.3 Å². The Bertz CT molecular complexity index is 700. The van der Waals surface area contributed by atoms with Crippen molar-refractivity contribution in [2.24, 2.45) is 0 Å². The molecular formula is C16H15NOS. The molecule has 0 amide bonds. The van der Waals surface area contributed by atoms with E-state index < -0.39 is 0 Å². The van der Waals surface area contributed by atoms with Gasteiger partial charge in [-0.3, -0.25) is 0 Å². The predicted molar refractivity (Wildman–Crippen MR) is 81.0 cm³/mol. The fourth-order valence-electron chi connectivity index (χ4n) is 2.04. The second-order valence-corrected chi connectivity index (χ2v) is 5.43. The first-order valence-electron chi connectivity index (χ1n) is 6.34. The fourth-order valence-corrected chi connectivity index (χ4v) is 3.04. The molecule has 0 saturated carbocycles. The first-order valence-corrected chi connectivity index (χ1v) is 7.15. The molecule has 0 saturated heterocycles. The summed E-state index contributed by atoms with van der Waals surface area (Å²) in [6.07, 6.45) is 1.07. The minimum Gasteiger partial charge on any atom is -0.497 e. The molecule has 0 aliphatic rings. The van der Waals surface area contributed by atoms with Crippen molar-refractivity contribution < 1.29 is 4.74 Å². The molecule has 3 heteroatoms. The van der Waals surface area contributed by atoms with Gasteiger partial charge in [-0.15, -0.1) is 11.3 Å². The van der Waals surface area contributed by atoms with Gasteiger partial charge in [-0.05, 0) is 30.2 Å². The molecule has 0 radical (unpaired) electrons. The average molecular weight is 269 g/mol. The molecular weight excluding hydrogens is 254 g/mol. The third-order valence-electron chi connectivity index (χ3n) is 3.20. The number of thiazole rings is 1. The highest BCUT2D eigenvalue weighted by Crippen LogP contribution is 2.32. The summed E-state index contributed by atoms with van der Waals surface area (Å²) in [6.45, 7) is 2.17. The summed E-state index contributed by atoms with van der Waals surface area (Å²) < 4.78 is 6.41. The molecule has 1 aromatic heterocycles. The monoisotopic (exact) mass is 269 g/mol. The van der Waals surface area contributed by atoms with Gasteiger partial charge < -0.3 is 4.74 Å². The van der Waals surface area contributed by atoms with Gasteiger partial charge in [0.15, 0.2) is 0 Å². The molecule has 3 rings (SSSR count). The Hall–Kier alpha value is -1.87. The van der Waals surface area contributed by atoms with Gasteiger partial charge in [-0.2, -0.15) is 0 Å². The average Bonchev–Trinajstić information content (AvgIpc) is 2.90. The zero-order chi connectivity index (χ0) is 13.2. The highest BCUT2D eigenvalue weighted by atomic mass is 32.1. The second kappa shape index (κ2) is 5.02. The number of nitrogens with zero attached hydrogens (tertiary/aromatic N) is 1. The molecule has 96 valence electrons. The molecule has 19 heavy (non-hydrogen) atoms. The van der Waals surface area contributed by atoms with E-state index in [1.165, 1.54) is 11.1 Å². The molecule has 1 heterocycles. The van der Waals surface area contributed by atoms with E-state index in [0.29, 0.717) is 0 Å². The zero-order valence-electron chi connectivity index (χ0n) is 11.0. The van der Waals surface area contributed by atoms with Crippen LogP contribution >= 0.6 is 11.3 Å². The molecule has 2 aromatic carbocycles. The predicted octanol–water partition coefficient (Wildman–Crippen LogP) is 4.53. The number of aromatic nitrogens is 1. The van der Waals surface area contributed by atoms with Gasteiger partial charge in [0, 0.05) is 5.56 Å². The Morgan fingerprint density at radius 2 is 1.89 bits per heavy atom. The molecule has 0 N–H and O–H groups in total. The van der Waals surface area contributed by atoms with Gasteiger partial charge in [0.1, 0.15) is 10.8 Å². The summed E-state index contributed by atoms with van der Waals surface area (Å²) in [4.78, 5) is 4.68. The van der Waals surface area contributed by atoms with Crippen LogP contribution in [0.25, 0.3) is 20.8 Å². The van der Waals surface area contributed by atoms with E-state index in [2.05, 4.69) is 36.2 Å². The number of aryl methyl sites for hydroxylation is 1. The van der Waals surface area contributed by atoms with E-state index in [9.17, 15) is 0 Å². The van der Waals surface area contributed by atoms with E-state index in [0.717, 1.165) is 27.4 Å². The summed E-state index contributed by atoms with van der Waals surface area (Å²) >= 11 is 1.70. The summed E-state index contributed by atoms with van der Waals surface area (Å²) in [5.41, 5.74) is 3.56. The molecule has 0 atom stereocenters. The summed E-state index contributed by atoms with van der Waals surface area (Å²) in [7, 11) is 1.69. The molecule has 2 nitrogen and oxygen atoms in total. The van der Waals surface area contributed by atoms with Gasteiger partial charge in [0.25, 0.3) is 0 Å². The summed E-state index contributed by atoms with van der Waals surface area (Å²) in [5, 5.41) is 1.06. The zero-order valence-corrected chi connectivity index (χ0v) is 11.8. The van der Waals surface area contributed by atoms with Gasteiger partial charge in [-0.1, -0.05) is 31.2 Å². The van der Waals surface area contributed by atoms with Crippen molar-refractivity contribution >= 4 is 21.6 Å². The number of methoxy groups -OCH3 is 1. The van der Waals surface area contributed by atoms with Crippen LogP contribution in [0.15, 0.2) is 42.5 Å². The van der Waals surface area contributed by atoms with Crippen LogP contribution in [-0.4, -0.2) is 12.1 Å². The molecule has 3 aromatic rings. The van der Waals surface area contributed by atoms with Crippen molar-refractivity contribution in [1.82, 2.24) is 4.98 Å². The Labute approximate surface area is 116 Å². The lowest BCUT2D eigenvalue weighted by Crippen LogP contribution is -1.81. The Morgan fingerprint density at radius 3 is 2.58 bits per heavy atom. The van der Waals surface area contributed by atoms with Crippen LogP contribution in [0.4, 0.5) is 0 Å². The minimum absolute atomic E-state index is 0.879. The van der Waals surface area contributed by atoms with Crippen LogP contribution in [0.5, 0.6) is 5.75 Å². The van der Waals surface area contributed by atoms with Crippen LogP contribution in [0.2, 0.25) is 0 Å². The van der Waals surface area contributed by atoms with Crippen molar-refractivity contribution in [2.75, 3.05) is 7.11 Å². The summed E-state index contributed by atoms with van der Waals surface area (Å²) in [6, 6.07) is 14.6. The normalized spacial score (nSPS) is 10.8. The fraction of sp³-hybridized carbons (Fsp3) is 0.188. The molecule has 0 fully saturated rings. The molecule has 0 unspecified atom stereocenters. The number of rotatable bonds is 3. The molecule has 0 bridgehead atoms. The van der Waals surface area contributed by atoms with Gasteiger partial charge in [0.2, 0.25) is 0 Å². The third-order valence-corrected chi connectivity index (χ3v) is 4.27. The minimum atomic E-state index is 0.879. The number of hydrogen-bond acceptors (Lipinski definition) is 3. The lowest BCUT2D eigenvalue weighted by Gasteiger charge is -1.98. The van der Waals surface area contributed by atoms with E-state index in [-0.39, 0.29) is 0 Å². The van der Waals surface area contributed by atoms with E-state index in [4.69, 9.17) is 4.74 Å². The SMILES string of the molecule is CCc1ccc(-c2nc3ccc(OC)cc3s2)cc1. The lowest BCUT2D eigenvalue weighted by atomic mass is 10.1. The maximum Gasteiger partial charge on any atom is 0.124 e.